The first-order valence-corrected chi connectivity index (χ1v) is 8.76. The van der Waals surface area contributed by atoms with Crippen LogP contribution in [-0.2, 0) is 4.79 Å². The molecule has 25 heavy (non-hydrogen) atoms. The van der Waals surface area contributed by atoms with Gasteiger partial charge in [-0.05, 0) is 39.3 Å². The maximum Gasteiger partial charge on any atom is 0.222 e. The van der Waals surface area contributed by atoms with Crippen LogP contribution >= 0.6 is 0 Å². The Morgan fingerprint density at radius 3 is 2.60 bits per heavy atom. The van der Waals surface area contributed by atoms with Crippen molar-refractivity contribution in [3.05, 3.63) is 18.2 Å². The lowest BCUT2D eigenvalue weighted by Gasteiger charge is -2.14. The third-order valence-corrected chi connectivity index (χ3v) is 3.47. The summed E-state index contributed by atoms with van der Waals surface area (Å²) in [6.07, 6.45) is 1.19. The van der Waals surface area contributed by atoms with Gasteiger partial charge in [-0.15, -0.1) is 0 Å². The fraction of sp³-hybridized carbons (Fsp3) is 0.556. The Morgan fingerprint density at radius 2 is 1.96 bits per heavy atom. The quantitative estimate of drug-likeness (QED) is 0.445. The molecule has 4 N–H and O–H groups in total. The molecule has 1 aromatic rings. The fourth-order valence-electron chi connectivity index (χ4n) is 2.05. The molecule has 1 unspecified atom stereocenters. The number of carbonyl (C=O) groups excluding carboxylic acids is 1. The van der Waals surface area contributed by atoms with Gasteiger partial charge in [0.25, 0.3) is 0 Å². The summed E-state index contributed by atoms with van der Waals surface area (Å²) in [5, 5.41) is 5.91. The predicted molar refractivity (Wildman–Crippen MR) is 101 cm³/mol. The number of aliphatic imine (C=N–C) groups is 1. The standard InChI is InChI=1S/C18H30N4O3/c1-5-13(4)21-17(23)10-11-20-18(19)22-15-12-14(24-6-2)8-9-16(15)25-7-3/h8-9,12-13H,5-7,10-11H2,1-4H3,(H,21,23)(H3,19,20,22). The monoisotopic (exact) mass is 350 g/mol. The summed E-state index contributed by atoms with van der Waals surface area (Å²) in [6.45, 7) is 9.25. The smallest absolute Gasteiger partial charge is 0.222 e. The Morgan fingerprint density at radius 1 is 1.24 bits per heavy atom. The second-order valence-corrected chi connectivity index (χ2v) is 5.54. The van der Waals surface area contributed by atoms with Crippen LogP contribution in [0.1, 0.15) is 40.5 Å². The minimum Gasteiger partial charge on any atom is -0.494 e. The van der Waals surface area contributed by atoms with Crippen molar-refractivity contribution < 1.29 is 14.3 Å². The molecule has 1 amide bonds. The first-order chi connectivity index (χ1) is 12.0. The molecule has 7 nitrogen and oxygen atoms in total. The number of nitrogens with zero attached hydrogens (tertiary/aromatic N) is 1. The van der Waals surface area contributed by atoms with Gasteiger partial charge in [-0.25, -0.2) is 0 Å². The molecule has 140 valence electrons. The average molecular weight is 350 g/mol. The second kappa shape index (κ2) is 11.2. The van der Waals surface area contributed by atoms with E-state index in [0.29, 0.717) is 43.4 Å². The third-order valence-electron chi connectivity index (χ3n) is 3.47. The SMILES string of the molecule is CCOc1ccc(OCC)c(NC(N)=NCCC(=O)NC(C)CC)c1. The van der Waals surface area contributed by atoms with Crippen LogP contribution in [-0.4, -0.2) is 37.7 Å². The summed E-state index contributed by atoms with van der Waals surface area (Å²) in [5.41, 5.74) is 6.60. The van der Waals surface area contributed by atoms with Crippen LogP contribution in [0.25, 0.3) is 0 Å². The van der Waals surface area contributed by atoms with Gasteiger partial charge >= 0.3 is 0 Å². The summed E-state index contributed by atoms with van der Waals surface area (Å²) in [6, 6.07) is 5.64. The van der Waals surface area contributed by atoms with Crippen LogP contribution in [0.15, 0.2) is 23.2 Å². The fourth-order valence-corrected chi connectivity index (χ4v) is 2.05. The molecule has 0 aliphatic heterocycles. The van der Waals surface area contributed by atoms with Crippen LogP contribution in [0.4, 0.5) is 5.69 Å². The normalized spacial score (nSPS) is 12.4. The lowest BCUT2D eigenvalue weighted by Crippen LogP contribution is -2.32. The molecule has 0 fully saturated rings. The van der Waals surface area contributed by atoms with Crippen molar-refractivity contribution in [1.82, 2.24) is 5.32 Å². The molecule has 0 radical (unpaired) electrons. The van der Waals surface area contributed by atoms with Gasteiger partial charge in [0.15, 0.2) is 5.96 Å². The van der Waals surface area contributed by atoms with Gasteiger partial charge < -0.3 is 25.8 Å². The molecule has 0 heterocycles. The first-order valence-electron chi connectivity index (χ1n) is 8.76. The molecule has 1 atom stereocenters. The highest BCUT2D eigenvalue weighted by Crippen LogP contribution is 2.29. The third kappa shape index (κ3) is 7.78. The zero-order valence-corrected chi connectivity index (χ0v) is 15.6. The number of amides is 1. The number of carbonyl (C=O) groups is 1. The number of benzene rings is 1. The largest absolute Gasteiger partial charge is 0.494 e. The molecular formula is C18H30N4O3. The molecule has 0 saturated carbocycles. The molecule has 1 rings (SSSR count). The van der Waals surface area contributed by atoms with Gasteiger partial charge in [0.1, 0.15) is 11.5 Å². The van der Waals surface area contributed by atoms with Gasteiger partial charge in [-0.1, -0.05) is 6.92 Å². The van der Waals surface area contributed by atoms with Crippen molar-refractivity contribution in [2.75, 3.05) is 25.1 Å². The number of hydrogen-bond acceptors (Lipinski definition) is 4. The molecular weight excluding hydrogens is 320 g/mol. The van der Waals surface area contributed by atoms with E-state index in [1.54, 1.807) is 0 Å². The number of anilines is 1. The summed E-state index contributed by atoms with van der Waals surface area (Å²) < 4.78 is 11.1. The molecule has 0 aromatic heterocycles. The van der Waals surface area contributed by atoms with Crippen molar-refractivity contribution >= 4 is 17.6 Å². The highest BCUT2D eigenvalue weighted by Gasteiger charge is 2.08. The summed E-state index contributed by atoms with van der Waals surface area (Å²) in [5.74, 6) is 1.58. The van der Waals surface area contributed by atoms with E-state index < -0.39 is 0 Å². The van der Waals surface area contributed by atoms with Crippen molar-refractivity contribution in [1.29, 1.82) is 0 Å². The highest BCUT2D eigenvalue weighted by molar-refractivity contribution is 5.94. The van der Waals surface area contributed by atoms with E-state index >= 15 is 0 Å². The van der Waals surface area contributed by atoms with Gasteiger partial charge in [0, 0.05) is 18.5 Å². The van der Waals surface area contributed by atoms with Crippen molar-refractivity contribution in [2.24, 2.45) is 10.7 Å². The number of hydrogen-bond donors (Lipinski definition) is 3. The Kier molecular flexibility index (Phi) is 9.21. The van der Waals surface area contributed by atoms with Gasteiger partial charge in [0.05, 0.1) is 25.4 Å². The van der Waals surface area contributed by atoms with Crippen molar-refractivity contribution in [2.45, 2.75) is 46.6 Å². The van der Waals surface area contributed by atoms with E-state index in [-0.39, 0.29) is 17.9 Å². The molecule has 0 aliphatic rings. The number of rotatable bonds is 10. The Bertz CT molecular complexity index is 575. The predicted octanol–water partition coefficient (Wildman–Crippen LogP) is 2.52. The summed E-state index contributed by atoms with van der Waals surface area (Å²) in [7, 11) is 0. The summed E-state index contributed by atoms with van der Waals surface area (Å²) >= 11 is 0. The Balaban J connectivity index is 2.66. The van der Waals surface area contributed by atoms with Crippen LogP contribution in [0.3, 0.4) is 0 Å². The van der Waals surface area contributed by atoms with Gasteiger partial charge in [-0.2, -0.15) is 0 Å². The zero-order chi connectivity index (χ0) is 18.7. The second-order valence-electron chi connectivity index (χ2n) is 5.54. The van der Waals surface area contributed by atoms with Gasteiger partial charge in [0.2, 0.25) is 5.91 Å². The average Bonchev–Trinajstić information content (AvgIpc) is 2.57. The minimum atomic E-state index is -0.0285. The van der Waals surface area contributed by atoms with Crippen LogP contribution < -0.4 is 25.8 Å². The lowest BCUT2D eigenvalue weighted by molar-refractivity contribution is -0.121. The van der Waals surface area contributed by atoms with Gasteiger partial charge in [-0.3, -0.25) is 9.79 Å². The van der Waals surface area contributed by atoms with Crippen LogP contribution in [0, 0.1) is 0 Å². The van der Waals surface area contributed by atoms with Crippen LogP contribution in [0.2, 0.25) is 0 Å². The Labute approximate surface area is 150 Å². The molecule has 0 bridgehead atoms. The lowest BCUT2D eigenvalue weighted by atomic mass is 10.2. The highest BCUT2D eigenvalue weighted by atomic mass is 16.5. The van der Waals surface area contributed by atoms with Crippen molar-refractivity contribution in [3.8, 4) is 11.5 Å². The summed E-state index contributed by atoms with van der Waals surface area (Å²) in [4.78, 5) is 15.9. The number of ether oxygens (including phenoxy) is 2. The van der Waals surface area contributed by atoms with E-state index in [4.69, 9.17) is 15.2 Å². The molecule has 1 aromatic carbocycles. The molecule has 7 heteroatoms. The van der Waals surface area contributed by atoms with E-state index in [9.17, 15) is 4.79 Å². The number of nitrogens with one attached hydrogen (secondary N) is 2. The molecule has 0 saturated heterocycles. The van der Waals surface area contributed by atoms with E-state index in [1.807, 2.05) is 45.9 Å². The van der Waals surface area contributed by atoms with Crippen molar-refractivity contribution in [3.63, 3.8) is 0 Å². The minimum absolute atomic E-state index is 0.0285. The molecule has 0 spiro atoms. The van der Waals surface area contributed by atoms with E-state index in [1.165, 1.54) is 0 Å². The number of nitrogens with two attached hydrogens (primary N) is 1. The zero-order valence-electron chi connectivity index (χ0n) is 15.6. The maximum absolute atomic E-state index is 11.7. The number of guanidine groups is 1. The first kappa shape index (κ1) is 20.6. The Hall–Kier alpha value is -2.44. The van der Waals surface area contributed by atoms with E-state index in [0.717, 1.165) is 6.42 Å². The topological polar surface area (TPSA) is 98.0 Å². The van der Waals surface area contributed by atoms with E-state index in [2.05, 4.69) is 15.6 Å². The van der Waals surface area contributed by atoms with Crippen LogP contribution in [0.5, 0.6) is 11.5 Å². The maximum atomic E-state index is 11.7. The molecule has 0 aliphatic carbocycles.